The van der Waals surface area contributed by atoms with Crippen LogP contribution in [0.25, 0.3) is 0 Å². The van der Waals surface area contributed by atoms with E-state index in [0.717, 1.165) is 25.7 Å². The van der Waals surface area contributed by atoms with E-state index >= 15 is 0 Å². The lowest BCUT2D eigenvalue weighted by Crippen LogP contribution is -2.41. The Morgan fingerprint density at radius 2 is 1.86 bits per heavy atom. The second kappa shape index (κ2) is 7.84. The van der Waals surface area contributed by atoms with Gasteiger partial charge in [-0.15, -0.1) is 0 Å². The fourth-order valence-corrected chi connectivity index (χ4v) is 3.06. The van der Waals surface area contributed by atoms with Crippen LogP contribution in [0.4, 0.5) is 0 Å². The van der Waals surface area contributed by atoms with E-state index in [1.807, 2.05) is 0 Å². The van der Waals surface area contributed by atoms with E-state index in [9.17, 15) is 9.59 Å². The molecule has 0 spiro atoms. The van der Waals surface area contributed by atoms with Gasteiger partial charge in [-0.2, -0.15) is 0 Å². The van der Waals surface area contributed by atoms with Crippen LogP contribution < -0.4 is 5.32 Å². The molecule has 6 heteroatoms. The summed E-state index contributed by atoms with van der Waals surface area (Å²) < 4.78 is 5.17. The van der Waals surface area contributed by atoms with Gasteiger partial charge in [0.1, 0.15) is 0 Å². The van der Waals surface area contributed by atoms with Gasteiger partial charge in [0.15, 0.2) is 6.10 Å². The first-order chi connectivity index (χ1) is 10.5. The Morgan fingerprint density at radius 1 is 1.27 bits per heavy atom. The zero-order chi connectivity index (χ0) is 16.1. The molecule has 0 radical (unpaired) electrons. The summed E-state index contributed by atoms with van der Waals surface area (Å²) in [5.74, 6) is -0.783. The Kier molecular flexibility index (Phi) is 6.09. The minimum absolute atomic E-state index is 0.0560. The summed E-state index contributed by atoms with van der Waals surface area (Å²) in [7, 11) is 0. The van der Waals surface area contributed by atoms with Crippen LogP contribution >= 0.6 is 23.2 Å². The van der Waals surface area contributed by atoms with Gasteiger partial charge in [-0.1, -0.05) is 42.1 Å². The number of benzene rings is 1. The average molecular weight is 344 g/mol. The molecule has 1 saturated carbocycles. The van der Waals surface area contributed by atoms with Crippen LogP contribution in [0, 0.1) is 0 Å². The number of carbonyl (C=O) groups excluding carboxylic acids is 2. The molecule has 1 aromatic carbocycles. The Labute approximate surface area is 140 Å². The SMILES string of the molecule is C[C@H](OC(=O)Cc1c(Cl)cccc1Cl)C(=O)NC1CCCC1. The van der Waals surface area contributed by atoms with Gasteiger partial charge >= 0.3 is 5.97 Å². The maximum atomic E-state index is 12.0. The van der Waals surface area contributed by atoms with E-state index in [1.54, 1.807) is 25.1 Å². The minimum Gasteiger partial charge on any atom is -0.452 e. The Balaban J connectivity index is 1.86. The molecule has 0 heterocycles. The summed E-state index contributed by atoms with van der Waals surface area (Å²) in [4.78, 5) is 23.9. The molecule has 0 bridgehead atoms. The number of carbonyl (C=O) groups is 2. The van der Waals surface area contributed by atoms with Crippen LogP contribution in [0.15, 0.2) is 18.2 Å². The fraction of sp³-hybridized carbons (Fsp3) is 0.500. The second-order valence-electron chi connectivity index (χ2n) is 5.50. The van der Waals surface area contributed by atoms with E-state index in [-0.39, 0.29) is 18.4 Å². The van der Waals surface area contributed by atoms with E-state index in [1.165, 1.54) is 0 Å². The molecule has 0 aliphatic heterocycles. The molecule has 0 unspecified atom stereocenters. The molecule has 2 rings (SSSR count). The average Bonchev–Trinajstić information content (AvgIpc) is 2.96. The van der Waals surface area contributed by atoms with Crippen LogP contribution in [0.2, 0.25) is 10.0 Å². The first-order valence-electron chi connectivity index (χ1n) is 7.40. The predicted molar refractivity (Wildman–Crippen MR) is 86.1 cm³/mol. The lowest BCUT2D eigenvalue weighted by atomic mass is 10.1. The minimum atomic E-state index is -0.825. The largest absolute Gasteiger partial charge is 0.452 e. The van der Waals surface area contributed by atoms with Crippen LogP contribution in [0.3, 0.4) is 0 Å². The Hall–Kier alpha value is -1.26. The Morgan fingerprint density at radius 3 is 2.45 bits per heavy atom. The van der Waals surface area contributed by atoms with Crippen molar-refractivity contribution in [2.24, 2.45) is 0 Å². The quantitative estimate of drug-likeness (QED) is 0.832. The van der Waals surface area contributed by atoms with Crippen molar-refractivity contribution in [3.05, 3.63) is 33.8 Å². The summed E-state index contributed by atoms with van der Waals surface area (Å²) >= 11 is 12.0. The van der Waals surface area contributed by atoms with E-state index < -0.39 is 12.1 Å². The van der Waals surface area contributed by atoms with E-state index in [0.29, 0.717) is 15.6 Å². The predicted octanol–water partition coefficient (Wildman–Crippen LogP) is 3.53. The third-order valence-electron chi connectivity index (χ3n) is 3.76. The van der Waals surface area contributed by atoms with E-state index in [4.69, 9.17) is 27.9 Å². The first kappa shape index (κ1) is 17.1. The number of ether oxygens (including phenoxy) is 1. The number of esters is 1. The summed E-state index contributed by atoms with van der Waals surface area (Å²) in [5.41, 5.74) is 0.513. The standard InChI is InChI=1S/C16H19Cl2NO3/c1-10(16(21)19-11-5-2-3-6-11)22-15(20)9-12-13(17)7-4-8-14(12)18/h4,7-8,10-11H,2-3,5-6,9H2,1H3,(H,19,21)/t10-/m0/s1. The third-order valence-corrected chi connectivity index (χ3v) is 4.47. The second-order valence-corrected chi connectivity index (χ2v) is 6.31. The molecule has 1 atom stereocenters. The van der Waals surface area contributed by atoms with Crippen molar-refractivity contribution in [3.63, 3.8) is 0 Å². The number of amides is 1. The van der Waals surface area contributed by atoms with Crippen molar-refractivity contribution < 1.29 is 14.3 Å². The topological polar surface area (TPSA) is 55.4 Å². The van der Waals surface area contributed by atoms with Crippen molar-refractivity contribution in [2.75, 3.05) is 0 Å². The maximum absolute atomic E-state index is 12.0. The molecule has 120 valence electrons. The molecule has 22 heavy (non-hydrogen) atoms. The molecule has 1 aromatic rings. The lowest BCUT2D eigenvalue weighted by Gasteiger charge is -2.17. The summed E-state index contributed by atoms with van der Waals surface area (Å²) in [6, 6.07) is 5.22. The zero-order valence-corrected chi connectivity index (χ0v) is 13.9. The highest BCUT2D eigenvalue weighted by Gasteiger charge is 2.23. The van der Waals surface area contributed by atoms with Gasteiger partial charge in [0, 0.05) is 21.7 Å². The van der Waals surface area contributed by atoms with Crippen LogP contribution in [-0.2, 0) is 20.7 Å². The van der Waals surface area contributed by atoms with Crippen molar-refractivity contribution >= 4 is 35.1 Å². The molecule has 4 nitrogen and oxygen atoms in total. The molecular formula is C16H19Cl2NO3. The van der Waals surface area contributed by atoms with Crippen molar-refractivity contribution in [1.82, 2.24) is 5.32 Å². The number of halogens is 2. The first-order valence-corrected chi connectivity index (χ1v) is 8.15. The maximum Gasteiger partial charge on any atom is 0.311 e. The van der Waals surface area contributed by atoms with E-state index in [2.05, 4.69) is 5.32 Å². The molecule has 1 aliphatic rings. The van der Waals surface area contributed by atoms with Gasteiger partial charge in [-0.05, 0) is 31.9 Å². The van der Waals surface area contributed by atoms with Crippen molar-refractivity contribution in [3.8, 4) is 0 Å². The lowest BCUT2D eigenvalue weighted by molar-refractivity contribution is -0.154. The molecular weight excluding hydrogens is 325 g/mol. The van der Waals surface area contributed by atoms with Gasteiger partial charge in [0.05, 0.1) is 6.42 Å². The summed E-state index contributed by atoms with van der Waals surface area (Å²) in [6.07, 6.45) is 3.35. The van der Waals surface area contributed by atoms with Crippen LogP contribution in [-0.4, -0.2) is 24.0 Å². The van der Waals surface area contributed by atoms with Gasteiger partial charge in [-0.3, -0.25) is 9.59 Å². The number of nitrogens with one attached hydrogen (secondary N) is 1. The van der Waals surface area contributed by atoms with Gasteiger partial charge in [0.25, 0.3) is 5.91 Å². The number of rotatable bonds is 5. The molecule has 0 saturated heterocycles. The van der Waals surface area contributed by atoms with Gasteiger partial charge < -0.3 is 10.1 Å². The highest BCUT2D eigenvalue weighted by Crippen LogP contribution is 2.25. The summed E-state index contributed by atoms with van der Waals surface area (Å²) in [5, 5.41) is 3.72. The van der Waals surface area contributed by atoms with Crippen molar-refractivity contribution in [2.45, 2.75) is 51.2 Å². The normalized spacial score (nSPS) is 16.3. The molecule has 1 fully saturated rings. The summed E-state index contributed by atoms with van der Waals surface area (Å²) in [6.45, 7) is 1.57. The van der Waals surface area contributed by atoms with Crippen LogP contribution in [0.5, 0.6) is 0 Å². The fourth-order valence-electron chi connectivity index (χ4n) is 2.53. The number of hydrogen-bond donors (Lipinski definition) is 1. The van der Waals surface area contributed by atoms with Gasteiger partial charge in [-0.25, -0.2) is 0 Å². The monoisotopic (exact) mass is 343 g/mol. The molecule has 1 aliphatic carbocycles. The smallest absolute Gasteiger partial charge is 0.311 e. The highest BCUT2D eigenvalue weighted by molar-refractivity contribution is 6.36. The molecule has 0 aromatic heterocycles. The molecule has 1 amide bonds. The van der Waals surface area contributed by atoms with Gasteiger partial charge in [0.2, 0.25) is 0 Å². The number of hydrogen-bond acceptors (Lipinski definition) is 3. The van der Waals surface area contributed by atoms with Crippen LogP contribution in [0.1, 0.15) is 38.2 Å². The van der Waals surface area contributed by atoms with Crippen molar-refractivity contribution in [1.29, 1.82) is 0 Å². The molecule has 1 N–H and O–H groups in total. The Bertz CT molecular complexity index is 536. The third kappa shape index (κ3) is 4.62. The zero-order valence-electron chi connectivity index (χ0n) is 12.4. The highest BCUT2D eigenvalue weighted by atomic mass is 35.5.